The van der Waals surface area contributed by atoms with Crippen LogP contribution in [0, 0.1) is 0 Å². The first-order valence-corrected chi connectivity index (χ1v) is 4.99. The molecule has 0 aliphatic heterocycles. The number of rotatable bonds is 3. The summed E-state index contributed by atoms with van der Waals surface area (Å²) in [6.45, 7) is 0. The first-order chi connectivity index (χ1) is 5.27. The highest BCUT2D eigenvalue weighted by atomic mass is 35.5. The quantitative estimate of drug-likeness (QED) is 0.756. The summed E-state index contributed by atoms with van der Waals surface area (Å²) in [6.07, 6.45) is 0. The molecule has 62 valence electrons. The molecule has 0 aliphatic carbocycles. The highest BCUT2D eigenvalue weighted by Crippen LogP contribution is 2.27. The molecule has 4 heteroatoms. The molecular formula is C7H9Cl2NS. The van der Waals surface area contributed by atoms with Gasteiger partial charge in [0.2, 0.25) is 0 Å². The Kier molecular flexibility index (Phi) is 3.66. The standard InChI is InChI=1S/C7H9Cl2NS/c1-10-5(4-8)6-2-3-7(9)11-6/h2-3,5,10H,4H2,1H3. The Balaban J connectivity index is 2.73. The molecule has 1 N–H and O–H groups in total. The largest absolute Gasteiger partial charge is 0.311 e. The third-order valence-electron chi connectivity index (χ3n) is 1.44. The highest BCUT2D eigenvalue weighted by Gasteiger charge is 2.08. The Morgan fingerprint density at radius 2 is 2.36 bits per heavy atom. The van der Waals surface area contributed by atoms with Crippen LogP contribution in [0.25, 0.3) is 0 Å². The summed E-state index contributed by atoms with van der Waals surface area (Å²) in [7, 11) is 1.89. The number of hydrogen-bond donors (Lipinski definition) is 1. The van der Waals surface area contributed by atoms with Gasteiger partial charge in [0.1, 0.15) is 0 Å². The topological polar surface area (TPSA) is 12.0 Å². The molecular weight excluding hydrogens is 201 g/mol. The van der Waals surface area contributed by atoms with Gasteiger partial charge in [0.15, 0.2) is 0 Å². The molecule has 0 radical (unpaired) electrons. The average Bonchev–Trinajstić information content (AvgIpc) is 2.39. The SMILES string of the molecule is CNC(CCl)c1ccc(Cl)s1. The molecule has 0 aromatic carbocycles. The number of halogens is 2. The van der Waals surface area contributed by atoms with E-state index in [2.05, 4.69) is 5.32 Å². The van der Waals surface area contributed by atoms with Crippen molar-refractivity contribution in [2.75, 3.05) is 12.9 Å². The van der Waals surface area contributed by atoms with E-state index < -0.39 is 0 Å². The summed E-state index contributed by atoms with van der Waals surface area (Å²) in [5, 5.41) is 3.10. The molecule has 11 heavy (non-hydrogen) atoms. The van der Waals surface area contributed by atoms with Crippen molar-refractivity contribution in [3.63, 3.8) is 0 Å². The number of alkyl halides is 1. The van der Waals surface area contributed by atoms with Crippen LogP contribution in [-0.2, 0) is 0 Å². The van der Waals surface area contributed by atoms with Crippen LogP contribution < -0.4 is 5.32 Å². The van der Waals surface area contributed by atoms with Crippen molar-refractivity contribution < 1.29 is 0 Å². The molecule has 0 saturated heterocycles. The van der Waals surface area contributed by atoms with Gasteiger partial charge in [-0.05, 0) is 19.2 Å². The minimum Gasteiger partial charge on any atom is -0.311 e. The van der Waals surface area contributed by atoms with E-state index in [0.717, 1.165) is 4.34 Å². The lowest BCUT2D eigenvalue weighted by Gasteiger charge is -2.08. The first kappa shape index (κ1) is 9.33. The van der Waals surface area contributed by atoms with Crippen molar-refractivity contribution in [3.8, 4) is 0 Å². The van der Waals surface area contributed by atoms with Gasteiger partial charge in [-0.1, -0.05) is 11.6 Å². The molecule has 0 fully saturated rings. The molecule has 1 rings (SSSR count). The van der Waals surface area contributed by atoms with Gasteiger partial charge < -0.3 is 5.32 Å². The fourth-order valence-corrected chi connectivity index (χ4v) is 2.39. The molecule has 0 bridgehead atoms. The average molecular weight is 210 g/mol. The Morgan fingerprint density at radius 3 is 2.73 bits per heavy atom. The predicted octanol–water partition coefficient (Wildman–Crippen LogP) is 2.90. The number of nitrogens with one attached hydrogen (secondary N) is 1. The minimum atomic E-state index is 0.231. The van der Waals surface area contributed by atoms with Crippen LogP contribution in [0.1, 0.15) is 10.9 Å². The molecule has 0 amide bonds. The van der Waals surface area contributed by atoms with Gasteiger partial charge in [-0.3, -0.25) is 0 Å². The summed E-state index contributed by atoms with van der Waals surface area (Å²) in [5.74, 6) is 0.577. The second kappa shape index (κ2) is 4.31. The molecule has 0 spiro atoms. The Labute approximate surface area is 80.3 Å². The molecule has 1 aromatic heterocycles. The van der Waals surface area contributed by atoms with Gasteiger partial charge in [0, 0.05) is 10.8 Å². The van der Waals surface area contributed by atoms with Crippen molar-refractivity contribution in [1.82, 2.24) is 5.32 Å². The van der Waals surface area contributed by atoms with Gasteiger partial charge in [0.05, 0.1) is 10.4 Å². The molecule has 1 atom stereocenters. The van der Waals surface area contributed by atoms with E-state index in [9.17, 15) is 0 Å². The minimum absolute atomic E-state index is 0.231. The number of thiophene rings is 1. The van der Waals surface area contributed by atoms with Crippen molar-refractivity contribution in [2.45, 2.75) is 6.04 Å². The lowest BCUT2D eigenvalue weighted by Crippen LogP contribution is -2.16. The van der Waals surface area contributed by atoms with Gasteiger partial charge >= 0.3 is 0 Å². The zero-order valence-corrected chi connectivity index (χ0v) is 8.43. The molecule has 1 heterocycles. The van der Waals surface area contributed by atoms with Crippen LogP contribution >= 0.6 is 34.5 Å². The van der Waals surface area contributed by atoms with E-state index in [1.807, 2.05) is 19.2 Å². The maximum absolute atomic E-state index is 5.77. The van der Waals surface area contributed by atoms with E-state index in [-0.39, 0.29) is 6.04 Å². The van der Waals surface area contributed by atoms with Crippen LogP contribution in [0.2, 0.25) is 4.34 Å². The molecule has 1 nitrogen and oxygen atoms in total. The summed E-state index contributed by atoms with van der Waals surface area (Å²) in [6, 6.07) is 4.11. The smallest absolute Gasteiger partial charge is 0.0931 e. The van der Waals surface area contributed by atoms with Crippen LogP contribution in [-0.4, -0.2) is 12.9 Å². The lowest BCUT2D eigenvalue weighted by atomic mass is 10.3. The molecule has 1 unspecified atom stereocenters. The zero-order chi connectivity index (χ0) is 8.27. The van der Waals surface area contributed by atoms with Gasteiger partial charge in [-0.25, -0.2) is 0 Å². The van der Waals surface area contributed by atoms with Crippen molar-refractivity contribution in [2.24, 2.45) is 0 Å². The van der Waals surface area contributed by atoms with Crippen molar-refractivity contribution in [3.05, 3.63) is 21.3 Å². The van der Waals surface area contributed by atoms with Gasteiger partial charge in [-0.15, -0.1) is 22.9 Å². The summed E-state index contributed by atoms with van der Waals surface area (Å²) >= 11 is 13.0. The fraction of sp³-hybridized carbons (Fsp3) is 0.429. The highest BCUT2D eigenvalue weighted by molar-refractivity contribution is 7.16. The fourth-order valence-electron chi connectivity index (χ4n) is 0.811. The van der Waals surface area contributed by atoms with E-state index >= 15 is 0 Å². The van der Waals surface area contributed by atoms with E-state index in [0.29, 0.717) is 5.88 Å². The van der Waals surface area contributed by atoms with Crippen LogP contribution in [0.15, 0.2) is 12.1 Å². The Morgan fingerprint density at radius 1 is 1.64 bits per heavy atom. The Hall–Kier alpha value is 0.240. The lowest BCUT2D eigenvalue weighted by molar-refractivity contribution is 0.670. The van der Waals surface area contributed by atoms with Crippen LogP contribution in [0.3, 0.4) is 0 Å². The summed E-state index contributed by atoms with van der Waals surface area (Å²) in [4.78, 5) is 1.19. The molecule has 0 aliphatic rings. The monoisotopic (exact) mass is 209 g/mol. The van der Waals surface area contributed by atoms with Gasteiger partial charge in [0.25, 0.3) is 0 Å². The Bertz CT molecular complexity index is 220. The third-order valence-corrected chi connectivity index (χ3v) is 3.09. The normalized spacial score (nSPS) is 13.4. The van der Waals surface area contributed by atoms with Crippen molar-refractivity contribution >= 4 is 34.5 Å². The number of hydrogen-bond acceptors (Lipinski definition) is 2. The third kappa shape index (κ3) is 2.34. The maximum atomic E-state index is 5.77. The summed E-state index contributed by atoms with van der Waals surface area (Å²) in [5.41, 5.74) is 0. The molecule has 0 saturated carbocycles. The second-order valence-corrected chi connectivity index (χ2v) is 4.19. The van der Waals surface area contributed by atoms with Crippen LogP contribution in [0.4, 0.5) is 0 Å². The van der Waals surface area contributed by atoms with Crippen LogP contribution in [0.5, 0.6) is 0 Å². The van der Waals surface area contributed by atoms with Crippen molar-refractivity contribution in [1.29, 1.82) is 0 Å². The second-order valence-electron chi connectivity index (χ2n) is 2.14. The first-order valence-electron chi connectivity index (χ1n) is 3.26. The molecule has 1 aromatic rings. The summed E-state index contributed by atoms with van der Waals surface area (Å²) < 4.78 is 0.811. The van der Waals surface area contributed by atoms with E-state index in [1.54, 1.807) is 11.3 Å². The predicted molar refractivity (Wildman–Crippen MR) is 51.8 cm³/mol. The van der Waals surface area contributed by atoms with E-state index in [1.165, 1.54) is 4.88 Å². The van der Waals surface area contributed by atoms with E-state index in [4.69, 9.17) is 23.2 Å². The zero-order valence-electron chi connectivity index (χ0n) is 6.10. The maximum Gasteiger partial charge on any atom is 0.0931 e. The van der Waals surface area contributed by atoms with Gasteiger partial charge in [-0.2, -0.15) is 0 Å².